The smallest absolute Gasteiger partial charge is 0.303 e. The van der Waals surface area contributed by atoms with Crippen LogP contribution in [0.4, 0.5) is 0 Å². The first kappa shape index (κ1) is 15.8. The average molecular weight is 302 g/mol. The third-order valence-electron chi connectivity index (χ3n) is 2.98. The first-order valence-corrected chi connectivity index (χ1v) is 6.97. The minimum absolute atomic E-state index is 0.0281. The molecule has 5 nitrogen and oxygen atoms in total. The number of carbonyl (C=O) groups is 2. The van der Waals surface area contributed by atoms with Crippen LogP contribution in [0.25, 0.3) is 10.8 Å². The predicted octanol–water partition coefficient (Wildman–Crippen LogP) is 2.71. The summed E-state index contributed by atoms with van der Waals surface area (Å²) in [6, 6.07) is 13.6. The van der Waals surface area contributed by atoms with Gasteiger partial charge >= 0.3 is 11.9 Å². The molecule has 2 aromatic rings. The molecule has 0 fully saturated rings. The topological polar surface area (TPSA) is 61.8 Å². The number of hydrogen-bond donors (Lipinski definition) is 0. The van der Waals surface area contributed by atoms with Crippen LogP contribution in [0.5, 0.6) is 5.75 Å². The van der Waals surface area contributed by atoms with Gasteiger partial charge in [0, 0.05) is 19.2 Å². The van der Waals surface area contributed by atoms with Crippen LogP contribution in [0.15, 0.2) is 42.5 Å². The van der Waals surface area contributed by atoms with Gasteiger partial charge in [-0.3, -0.25) is 9.59 Å². The maximum absolute atomic E-state index is 11.1. The molecule has 116 valence electrons. The molecule has 0 saturated heterocycles. The zero-order valence-electron chi connectivity index (χ0n) is 12.6. The fraction of sp³-hybridized carbons (Fsp3) is 0.294. The second-order valence-corrected chi connectivity index (χ2v) is 4.82. The van der Waals surface area contributed by atoms with Gasteiger partial charge in [0.2, 0.25) is 0 Å². The van der Waals surface area contributed by atoms with Gasteiger partial charge in [0.25, 0.3) is 0 Å². The Balaban J connectivity index is 2.06. The summed E-state index contributed by atoms with van der Waals surface area (Å²) in [5.41, 5.74) is 0. The van der Waals surface area contributed by atoms with E-state index in [1.807, 2.05) is 42.5 Å². The highest BCUT2D eigenvalue weighted by atomic mass is 16.6. The summed E-state index contributed by atoms with van der Waals surface area (Å²) >= 11 is 0. The molecule has 0 radical (unpaired) electrons. The predicted molar refractivity (Wildman–Crippen MR) is 81.6 cm³/mol. The second-order valence-electron chi connectivity index (χ2n) is 4.82. The zero-order chi connectivity index (χ0) is 15.9. The molecule has 0 bridgehead atoms. The lowest BCUT2D eigenvalue weighted by atomic mass is 10.1. The lowest BCUT2D eigenvalue weighted by Gasteiger charge is -2.18. The van der Waals surface area contributed by atoms with Crippen LogP contribution in [0.3, 0.4) is 0 Å². The van der Waals surface area contributed by atoms with Gasteiger partial charge in [0.1, 0.15) is 19.0 Å². The van der Waals surface area contributed by atoms with Crippen LogP contribution in [0, 0.1) is 0 Å². The van der Waals surface area contributed by atoms with E-state index < -0.39 is 18.0 Å². The Bertz CT molecular complexity index is 660. The highest BCUT2D eigenvalue weighted by molar-refractivity contribution is 5.88. The molecule has 0 N–H and O–H groups in total. The van der Waals surface area contributed by atoms with Crippen molar-refractivity contribution in [3.63, 3.8) is 0 Å². The Morgan fingerprint density at radius 1 is 0.955 bits per heavy atom. The van der Waals surface area contributed by atoms with Crippen molar-refractivity contribution in [1.29, 1.82) is 0 Å². The van der Waals surface area contributed by atoms with Gasteiger partial charge in [-0.1, -0.05) is 36.4 Å². The molecule has 2 aromatic carbocycles. The molecule has 0 spiro atoms. The monoisotopic (exact) mass is 302 g/mol. The van der Waals surface area contributed by atoms with E-state index in [9.17, 15) is 9.59 Å². The minimum atomic E-state index is -0.639. The van der Waals surface area contributed by atoms with Crippen LogP contribution in [0.1, 0.15) is 13.8 Å². The van der Waals surface area contributed by atoms with Crippen LogP contribution in [-0.4, -0.2) is 31.3 Å². The van der Waals surface area contributed by atoms with Crippen molar-refractivity contribution in [3.05, 3.63) is 42.5 Å². The maximum Gasteiger partial charge on any atom is 0.303 e. The van der Waals surface area contributed by atoms with Gasteiger partial charge in [-0.2, -0.15) is 0 Å². The number of benzene rings is 2. The average Bonchev–Trinajstić information content (AvgIpc) is 2.49. The van der Waals surface area contributed by atoms with Gasteiger partial charge in [-0.05, 0) is 11.5 Å². The number of ether oxygens (including phenoxy) is 3. The van der Waals surface area contributed by atoms with Crippen LogP contribution in [0.2, 0.25) is 0 Å². The molecule has 22 heavy (non-hydrogen) atoms. The largest absolute Gasteiger partial charge is 0.489 e. The molecule has 0 aromatic heterocycles. The number of carbonyl (C=O) groups excluding carboxylic acids is 2. The molecule has 0 amide bonds. The normalized spacial score (nSPS) is 11.7. The summed E-state index contributed by atoms with van der Waals surface area (Å²) in [6.45, 7) is 2.69. The first-order valence-electron chi connectivity index (χ1n) is 6.97. The van der Waals surface area contributed by atoms with Crippen LogP contribution < -0.4 is 4.74 Å². The molecule has 2 rings (SSSR count). The lowest BCUT2D eigenvalue weighted by molar-refractivity contribution is -0.158. The molecule has 0 aliphatic rings. The Morgan fingerprint density at radius 3 is 2.41 bits per heavy atom. The van der Waals surface area contributed by atoms with Crippen molar-refractivity contribution in [2.75, 3.05) is 13.2 Å². The number of fused-ring (bicyclic) bond motifs is 1. The van der Waals surface area contributed by atoms with Crippen molar-refractivity contribution in [1.82, 2.24) is 0 Å². The molecule has 0 saturated carbocycles. The fourth-order valence-electron chi connectivity index (χ4n) is 2.07. The van der Waals surface area contributed by atoms with Crippen molar-refractivity contribution >= 4 is 22.7 Å². The quantitative estimate of drug-likeness (QED) is 0.768. The maximum atomic E-state index is 11.1. The van der Waals surface area contributed by atoms with E-state index >= 15 is 0 Å². The fourth-order valence-corrected chi connectivity index (χ4v) is 2.07. The summed E-state index contributed by atoms with van der Waals surface area (Å²) in [5.74, 6) is -0.181. The van der Waals surface area contributed by atoms with Gasteiger partial charge < -0.3 is 14.2 Å². The number of hydrogen-bond acceptors (Lipinski definition) is 5. The van der Waals surface area contributed by atoms with E-state index in [2.05, 4.69) is 0 Å². The second kappa shape index (κ2) is 7.45. The van der Waals surface area contributed by atoms with Gasteiger partial charge in [0.15, 0.2) is 6.10 Å². The van der Waals surface area contributed by atoms with Crippen molar-refractivity contribution in [2.24, 2.45) is 0 Å². The minimum Gasteiger partial charge on any atom is -0.489 e. The molecular weight excluding hydrogens is 284 g/mol. The van der Waals surface area contributed by atoms with Crippen molar-refractivity contribution in [2.45, 2.75) is 20.0 Å². The summed E-state index contributed by atoms with van der Waals surface area (Å²) in [6.07, 6.45) is -0.639. The first-order chi connectivity index (χ1) is 10.6. The van der Waals surface area contributed by atoms with E-state index in [-0.39, 0.29) is 13.2 Å². The van der Waals surface area contributed by atoms with Crippen LogP contribution in [-0.2, 0) is 19.1 Å². The molecule has 1 atom stereocenters. The molecule has 5 heteroatoms. The van der Waals surface area contributed by atoms with Crippen LogP contribution >= 0.6 is 0 Å². The van der Waals surface area contributed by atoms with E-state index in [0.29, 0.717) is 5.75 Å². The molecule has 0 heterocycles. The van der Waals surface area contributed by atoms with E-state index in [1.54, 1.807) is 0 Å². The molecular formula is C17H18O5. The Morgan fingerprint density at radius 2 is 1.68 bits per heavy atom. The summed E-state index contributed by atoms with van der Waals surface area (Å²) in [7, 11) is 0. The van der Waals surface area contributed by atoms with E-state index in [4.69, 9.17) is 14.2 Å². The van der Waals surface area contributed by atoms with E-state index in [1.165, 1.54) is 13.8 Å². The van der Waals surface area contributed by atoms with Crippen molar-refractivity contribution in [3.8, 4) is 5.75 Å². The Kier molecular flexibility index (Phi) is 5.36. The standard InChI is InChI=1S/C17H18O5/c1-12(18)20-10-15(22-13(2)19)11-21-17-9-5-7-14-6-3-4-8-16(14)17/h3-9,15H,10-11H2,1-2H3/t15-/m0/s1. The van der Waals surface area contributed by atoms with Gasteiger partial charge in [-0.15, -0.1) is 0 Å². The zero-order valence-corrected chi connectivity index (χ0v) is 12.6. The Hall–Kier alpha value is -2.56. The summed E-state index contributed by atoms with van der Waals surface area (Å²) in [5, 5.41) is 2.03. The molecule has 0 aliphatic heterocycles. The van der Waals surface area contributed by atoms with E-state index in [0.717, 1.165) is 10.8 Å². The number of esters is 2. The Labute approximate surface area is 128 Å². The third kappa shape index (κ3) is 4.48. The highest BCUT2D eigenvalue weighted by Gasteiger charge is 2.15. The van der Waals surface area contributed by atoms with Gasteiger partial charge in [0.05, 0.1) is 0 Å². The summed E-state index contributed by atoms with van der Waals surface area (Å²) in [4.78, 5) is 22.0. The molecule has 0 aliphatic carbocycles. The summed E-state index contributed by atoms with van der Waals surface area (Å²) < 4.78 is 15.7. The number of rotatable bonds is 6. The lowest BCUT2D eigenvalue weighted by Crippen LogP contribution is -2.29. The van der Waals surface area contributed by atoms with Gasteiger partial charge in [-0.25, -0.2) is 0 Å². The third-order valence-corrected chi connectivity index (χ3v) is 2.98. The SMILES string of the molecule is CC(=O)OC[C@@H](COc1cccc2ccccc12)OC(C)=O. The molecule has 0 unspecified atom stereocenters. The highest BCUT2D eigenvalue weighted by Crippen LogP contribution is 2.25. The van der Waals surface area contributed by atoms with Crippen molar-refractivity contribution < 1.29 is 23.8 Å².